The second kappa shape index (κ2) is 9.55. The van der Waals surface area contributed by atoms with E-state index in [1.54, 1.807) is 17.0 Å². The first-order valence-corrected chi connectivity index (χ1v) is 12.5. The number of rotatable bonds is 2. The van der Waals surface area contributed by atoms with Crippen LogP contribution in [-0.2, 0) is 30.8 Å². The summed E-state index contributed by atoms with van der Waals surface area (Å²) < 4.78 is 47.5. The third kappa shape index (κ3) is 5.25. The Bertz CT molecular complexity index is 1620. The van der Waals surface area contributed by atoms with Gasteiger partial charge in [-0.05, 0) is 63.1 Å². The van der Waals surface area contributed by atoms with Crippen molar-refractivity contribution in [3.05, 3.63) is 76.0 Å². The van der Waals surface area contributed by atoms with E-state index in [0.717, 1.165) is 34.6 Å². The molecule has 0 radical (unpaired) electrons. The summed E-state index contributed by atoms with van der Waals surface area (Å²) in [5, 5.41) is 0.959. The van der Waals surface area contributed by atoms with Gasteiger partial charge in [0.25, 0.3) is 5.56 Å². The molecule has 0 N–H and O–H groups in total. The zero-order valence-electron chi connectivity index (χ0n) is 22.0. The quantitative estimate of drug-likeness (QED) is 0.352. The highest BCUT2D eigenvalue weighted by Crippen LogP contribution is 2.30. The van der Waals surface area contributed by atoms with Crippen LogP contribution in [0.15, 0.2) is 53.6 Å². The molecule has 5 rings (SSSR count). The molecule has 39 heavy (non-hydrogen) atoms. The van der Waals surface area contributed by atoms with Gasteiger partial charge in [-0.15, -0.1) is 0 Å². The van der Waals surface area contributed by atoms with Crippen LogP contribution in [0, 0.1) is 0 Å². The lowest BCUT2D eigenvalue weighted by atomic mass is 10.1. The van der Waals surface area contributed by atoms with Gasteiger partial charge in [-0.25, -0.2) is 9.78 Å². The summed E-state index contributed by atoms with van der Waals surface area (Å²) in [6.07, 6.45) is -1.21. The van der Waals surface area contributed by atoms with E-state index in [2.05, 4.69) is 4.98 Å². The van der Waals surface area contributed by atoms with Crippen LogP contribution in [0.4, 0.5) is 18.0 Å². The number of ether oxygens (including phenoxy) is 1. The standard InChI is InChI=1S/C28H28F3N5O3/c1-27(2,3)39-26(38)35-12-10-19-20-6-8-23(33-25(20)34(4)22(19)11-13-35)36-14-9-17(15-24(36)37)21-7-5-18(16-32-21)28(29,30)31/h5-9,14-16H,10-13H2,1-4H3. The number of carbonyl (C=O) groups excluding carboxylic acids is 1. The molecule has 0 atom stereocenters. The predicted molar refractivity (Wildman–Crippen MR) is 140 cm³/mol. The third-order valence-corrected chi connectivity index (χ3v) is 6.71. The van der Waals surface area contributed by atoms with Crippen molar-refractivity contribution in [2.45, 2.75) is 45.4 Å². The molecule has 0 saturated heterocycles. The van der Waals surface area contributed by atoms with Crippen LogP contribution in [0.1, 0.15) is 37.6 Å². The maximum absolute atomic E-state index is 13.0. The van der Waals surface area contributed by atoms with Gasteiger partial charge in [0.2, 0.25) is 0 Å². The van der Waals surface area contributed by atoms with Gasteiger partial charge in [-0.2, -0.15) is 13.2 Å². The highest BCUT2D eigenvalue weighted by atomic mass is 19.4. The van der Waals surface area contributed by atoms with Crippen molar-refractivity contribution in [1.82, 2.24) is 24.0 Å². The van der Waals surface area contributed by atoms with Crippen LogP contribution in [0.3, 0.4) is 0 Å². The lowest BCUT2D eigenvalue weighted by Crippen LogP contribution is -2.38. The Kier molecular flexibility index (Phi) is 6.48. The molecule has 4 aromatic heterocycles. The van der Waals surface area contributed by atoms with Gasteiger partial charge in [0, 0.05) is 61.7 Å². The van der Waals surface area contributed by atoms with Crippen LogP contribution < -0.4 is 5.56 Å². The Morgan fingerprint density at radius 3 is 2.41 bits per heavy atom. The van der Waals surface area contributed by atoms with Crippen molar-refractivity contribution in [2.75, 3.05) is 13.1 Å². The van der Waals surface area contributed by atoms with Gasteiger partial charge in [-0.3, -0.25) is 14.3 Å². The molecule has 0 fully saturated rings. The lowest BCUT2D eigenvalue weighted by molar-refractivity contribution is -0.137. The van der Waals surface area contributed by atoms with E-state index in [9.17, 15) is 22.8 Å². The lowest BCUT2D eigenvalue weighted by Gasteiger charge is -2.26. The monoisotopic (exact) mass is 539 g/mol. The second-order valence-electron chi connectivity index (χ2n) is 10.5. The molecule has 1 amide bonds. The minimum Gasteiger partial charge on any atom is -0.444 e. The van der Waals surface area contributed by atoms with Crippen LogP contribution in [0.25, 0.3) is 28.1 Å². The zero-order chi connectivity index (χ0) is 28.1. The number of fused-ring (bicyclic) bond motifs is 3. The van der Waals surface area contributed by atoms with Crippen LogP contribution in [0.2, 0.25) is 0 Å². The molecule has 0 saturated carbocycles. The van der Waals surface area contributed by atoms with Crippen molar-refractivity contribution in [2.24, 2.45) is 7.05 Å². The number of aryl methyl sites for hydroxylation is 1. The molecule has 0 bridgehead atoms. The molecule has 11 heteroatoms. The maximum Gasteiger partial charge on any atom is 0.417 e. The normalized spacial score (nSPS) is 14.3. The van der Waals surface area contributed by atoms with Crippen molar-refractivity contribution in [3.8, 4) is 17.1 Å². The van der Waals surface area contributed by atoms with E-state index in [-0.39, 0.29) is 17.3 Å². The average Bonchev–Trinajstić information content (AvgIpc) is 3.00. The van der Waals surface area contributed by atoms with E-state index in [0.29, 0.717) is 37.3 Å². The smallest absolute Gasteiger partial charge is 0.417 e. The minimum absolute atomic E-state index is 0.266. The molecule has 4 aromatic rings. The van der Waals surface area contributed by atoms with E-state index in [1.165, 1.54) is 22.9 Å². The predicted octanol–water partition coefficient (Wildman–Crippen LogP) is 5.14. The number of halogens is 3. The van der Waals surface area contributed by atoms with E-state index in [1.807, 2.05) is 38.5 Å². The van der Waals surface area contributed by atoms with Crippen molar-refractivity contribution < 1.29 is 22.7 Å². The first kappa shape index (κ1) is 26.5. The number of hydrogen-bond donors (Lipinski definition) is 0. The Labute approximate surface area is 222 Å². The second-order valence-corrected chi connectivity index (χ2v) is 10.5. The molecule has 0 unspecified atom stereocenters. The summed E-state index contributed by atoms with van der Waals surface area (Å²) in [4.78, 5) is 35.9. The SMILES string of the molecule is Cn1c2c(c3ccc(-n4ccc(-c5ccc(C(F)(F)F)cn5)cc4=O)nc31)CCN(C(=O)OC(C)(C)C)CC2. The zero-order valence-corrected chi connectivity index (χ0v) is 22.0. The van der Waals surface area contributed by atoms with Crippen LogP contribution in [-0.4, -0.2) is 48.8 Å². The van der Waals surface area contributed by atoms with Crippen molar-refractivity contribution in [1.29, 1.82) is 0 Å². The van der Waals surface area contributed by atoms with Crippen LogP contribution >= 0.6 is 0 Å². The fraction of sp³-hybridized carbons (Fsp3) is 0.357. The Morgan fingerprint density at radius 2 is 1.77 bits per heavy atom. The summed E-state index contributed by atoms with van der Waals surface area (Å²) in [5.74, 6) is 0.422. The van der Waals surface area contributed by atoms with Gasteiger partial charge < -0.3 is 14.2 Å². The van der Waals surface area contributed by atoms with Crippen molar-refractivity contribution in [3.63, 3.8) is 0 Å². The molecule has 0 spiro atoms. The first-order chi connectivity index (χ1) is 18.3. The third-order valence-electron chi connectivity index (χ3n) is 6.71. The van der Waals surface area contributed by atoms with Crippen LogP contribution in [0.5, 0.6) is 0 Å². The van der Waals surface area contributed by atoms with Crippen molar-refractivity contribution >= 4 is 17.1 Å². The van der Waals surface area contributed by atoms with E-state index < -0.39 is 17.3 Å². The number of pyridine rings is 3. The molecule has 204 valence electrons. The Balaban J connectivity index is 1.41. The highest BCUT2D eigenvalue weighted by molar-refractivity contribution is 5.83. The number of amides is 1. The van der Waals surface area contributed by atoms with Gasteiger partial charge in [0.05, 0.1) is 11.3 Å². The topological polar surface area (TPSA) is 82.3 Å². The Morgan fingerprint density at radius 1 is 1.03 bits per heavy atom. The molecule has 5 heterocycles. The van der Waals surface area contributed by atoms with Gasteiger partial charge in [0.15, 0.2) is 0 Å². The van der Waals surface area contributed by atoms with E-state index >= 15 is 0 Å². The molecule has 8 nitrogen and oxygen atoms in total. The molecular formula is C28H28F3N5O3. The molecule has 0 aliphatic carbocycles. The highest BCUT2D eigenvalue weighted by Gasteiger charge is 2.31. The van der Waals surface area contributed by atoms with Gasteiger partial charge in [0.1, 0.15) is 17.1 Å². The molecule has 1 aliphatic heterocycles. The Hall–Kier alpha value is -4.15. The minimum atomic E-state index is -4.48. The summed E-state index contributed by atoms with van der Waals surface area (Å²) in [7, 11) is 1.92. The molecule has 0 aromatic carbocycles. The van der Waals surface area contributed by atoms with E-state index in [4.69, 9.17) is 9.72 Å². The number of nitrogens with zero attached hydrogens (tertiary/aromatic N) is 5. The first-order valence-electron chi connectivity index (χ1n) is 12.5. The maximum atomic E-state index is 13.0. The fourth-order valence-electron chi connectivity index (χ4n) is 4.82. The summed E-state index contributed by atoms with van der Waals surface area (Å²) in [6.45, 7) is 6.59. The molecular weight excluding hydrogens is 511 g/mol. The average molecular weight is 540 g/mol. The number of alkyl halides is 3. The van der Waals surface area contributed by atoms with Gasteiger partial charge >= 0.3 is 12.3 Å². The summed E-state index contributed by atoms with van der Waals surface area (Å²) in [6, 6.07) is 8.82. The largest absolute Gasteiger partial charge is 0.444 e. The molecule has 1 aliphatic rings. The summed E-state index contributed by atoms with van der Waals surface area (Å²) in [5.41, 5.74) is 1.80. The van der Waals surface area contributed by atoms with Gasteiger partial charge in [-0.1, -0.05) is 0 Å². The number of carbonyl (C=O) groups is 1. The number of hydrogen-bond acceptors (Lipinski definition) is 5. The summed E-state index contributed by atoms with van der Waals surface area (Å²) >= 11 is 0. The fourth-order valence-corrected chi connectivity index (χ4v) is 4.82. The number of aromatic nitrogens is 4.